The second-order valence-electron chi connectivity index (χ2n) is 4.17. The van der Waals surface area contributed by atoms with Crippen LogP contribution in [-0.4, -0.2) is 4.98 Å². The van der Waals surface area contributed by atoms with Crippen molar-refractivity contribution in [3.8, 4) is 11.1 Å². The lowest BCUT2D eigenvalue weighted by atomic mass is 9.96. The first-order chi connectivity index (χ1) is 8.49. The average molecular weight is 268 g/mol. The van der Waals surface area contributed by atoms with Crippen molar-refractivity contribution < 1.29 is 8.78 Å². The van der Waals surface area contributed by atoms with Gasteiger partial charge in [0.1, 0.15) is 10.8 Å². The molecule has 18 heavy (non-hydrogen) atoms. The van der Waals surface area contributed by atoms with Crippen LogP contribution in [0.5, 0.6) is 0 Å². The van der Waals surface area contributed by atoms with E-state index >= 15 is 0 Å². The minimum Gasteiger partial charge on any atom is -0.235 e. The quantitative estimate of drug-likeness (QED) is 0.701. The fourth-order valence-corrected chi connectivity index (χ4v) is 2.26. The summed E-state index contributed by atoms with van der Waals surface area (Å²) in [6.07, 6.45) is -2.62. The number of benzene rings is 1. The van der Waals surface area contributed by atoms with E-state index in [0.717, 1.165) is 16.7 Å². The number of alkyl halides is 2. The van der Waals surface area contributed by atoms with Gasteiger partial charge in [0.15, 0.2) is 0 Å². The number of nitrogens with zero attached hydrogens (tertiary/aromatic N) is 1. The zero-order chi connectivity index (χ0) is 13.3. The Morgan fingerprint density at radius 2 is 1.72 bits per heavy atom. The van der Waals surface area contributed by atoms with Gasteiger partial charge in [0.2, 0.25) is 0 Å². The standard InChI is InChI=1S/C14H12ClF2N/c1-8-4-3-5-9(2)13(8)10-6-11(14(16)17)18-12(15)7-10/h3-7,14H,1-2H3. The Balaban J connectivity index is 2.64. The van der Waals surface area contributed by atoms with Crippen LogP contribution < -0.4 is 0 Å². The molecule has 0 radical (unpaired) electrons. The molecule has 0 aliphatic heterocycles. The lowest BCUT2D eigenvalue weighted by Crippen LogP contribution is -1.94. The molecule has 0 bridgehead atoms. The van der Waals surface area contributed by atoms with Gasteiger partial charge in [0.25, 0.3) is 6.43 Å². The smallest absolute Gasteiger partial charge is 0.235 e. The van der Waals surface area contributed by atoms with E-state index in [1.165, 1.54) is 6.07 Å². The number of pyridine rings is 1. The third-order valence-electron chi connectivity index (χ3n) is 2.81. The molecule has 0 atom stereocenters. The zero-order valence-corrected chi connectivity index (χ0v) is 10.8. The number of aryl methyl sites for hydroxylation is 2. The Hall–Kier alpha value is -1.48. The van der Waals surface area contributed by atoms with E-state index in [0.29, 0.717) is 5.56 Å². The van der Waals surface area contributed by atoms with Gasteiger partial charge >= 0.3 is 0 Å². The lowest BCUT2D eigenvalue weighted by Gasteiger charge is -2.11. The molecule has 1 heterocycles. The number of rotatable bonds is 2. The normalized spacial score (nSPS) is 11.0. The highest BCUT2D eigenvalue weighted by Crippen LogP contribution is 2.31. The molecule has 0 aliphatic rings. The molecule has 4 heteroatoms. The summed E-state index contributed by atoms with van der Waals surface area (Å²) >= 11 is 5.80. The minimum atomic E-state index is -2.62. The van der Waals surface area contributed by atoms with Crippen molar-refractivity contribution >= 4 is 11.6 Å². The maximum atomic E-state index is 12.7. The van der Waals surface area contributed by atoms with Crippen LogP contribution in [0, 0.1) is 13.8 Å². The number of halogens is 3. The number of aromatic nitrogens is 1. The average Bonchev–Trinajstić information content (AvgIpc) is 2.28. The highest BCUT2D eigenvalue weighted by Gasteiger charge is 2.14. The molecule has 0 saturated heterocycles. The van der Waals surface area contributed by atoms with E-state index < -0.39 is 6.43 Å². The predicted octanol–water partition coefficient (Wildman–Crippen LogP) is 4.96. The summed E-state index contributed by atoms with van der Waals surface area (Å²) in [7, 11) is 0. The third-order valence-corrected chi connectivity index (χ3v) is 3.00. The summed E-state index contributed by atoms with van der Waals surface area (Å²) in [4.78, 5) is 3.63. The molecule has 94 valence electrons. The first-order valence-electron chi connectivity index (χ1n) is 5.51. The first kappa shape index (κ1) is 13.0. The fourth-order valence-electron chi connectivity index (χ4n) is 2.04. The van der Waals surface area contributed by atoms with Gasteiger partial charge in [0, 0.05) is 0 Å². The van der Waals surface area contributed by atoms with Crippen LogP contribution in [0.15, 0.2) is 30.3 Å². The van der Waals surface area contributed by atoms with Crippen LogP contribution in [0.4, 0.5) is 8.78 Å². The number of hydrogen-bond donors (Lipinski definition) is 0. The van der Waals surface area contributed by atoms with Gasteiger partial charge < -0.3 is 0 Å². The molecule has 0 amide bonds. The highest BCUT2D eigenvalue weighted by atomic mass is 35.5. The predicted molar refractivity (Wildman–Crippen MR) is 69.1 cm³/mol. The van der Waals surface area contributed by atoms with Gasteiger partial charge in [-0.3, -0.25) is 0 Å². The molecule has 2 aromatic rings. The van der Waals surface area contributed by atoms with E-state index in [-0.39, 0.29) is 10.8 Å². The van der Waals surface area contributed by atoms with Crippen LogP contribution in [0.1, 0.15) is 23.2 Å². The van der Waals surface area contributed by atoms with E-state index in [2.05, 4.69) is 4.98 Å². The van der Waals surface area contributed by atoms with Crippen LogP contribution >= 0.6 is 11.6 Å². The van der Waals surface area contributed by atoms with Gasteiger partial charge in [-0.15, -0.1) is 0 Å². The monoisotopic (exact) mass is 267 g/mol. The van der Waals surface area contributed by atoms with Gasteiger partial charge in [0.05, 0.1) is 0 Å². The van der Waals surface area contributed by atoms with E-state index in [1.54, 1.807) is 6.07 Å². The fraction of sp³-hybridized carbons (Fsp3) is 0.214. The molecular weight excluding hydrogens is 256 g/mol. The molecule has 1 aromatic heterocycles. The van der Waals surface area contributed by atoms with Crippen molar-refractivity contribution in [2.24, 2.45) is 0 Å². The first-order valence-corrected chi connectivity index (χ1v) is 5.89. The largest absolute Gasteiger partial charge is 0.280 e. The van der Waals surface area contributed by atoms with Crippen molar-refractivity contribution in [3.05, 3.63) is 52.3 Å². The summed E-state index contributed by atoms with van der Waals surface area (Å²) in [6, 6.07) is 8.83. The number of hydrogen-bond acceptors (Lipinski definition) is 1. The summed E-state index contributed by atoms with van der Waals surface area (Å²) in [6.45, 7) is 3.89. The summed E-state index contributed by atoms with van der Waals surface area (Å²) in [5.74, 6) is 0. The summed E-state index contributed by atoms with van der Waals surface area (Å²) in [5, 5.41) is 0.0884. The molecule has 1 nitrogen and oxygen atoms in total. The molecule has 0 aliphatic carbocycles. The Morgan fingerprint density at radius 3 is 2.28 bits per heavy atom. The van der Waals surface area contributed by atoms with Gasteiger partial charge in [-0.1, -0.05) is 29.8 Å². The Bertz CT molecular complexity index is 562. The second-order valence-corrected chi connectivity index (χ2v) is 4.56. The molecule has 2 rings (SSSR count). The summed E-state index contributed by atoms with van der Waals surface area (Å²) in [5.41, 5.74) is 3.37. The maximum Gasteiger partial charge on any atom is 0.280 e. The maximum absolute atomic E-state index is 12.7. The van der Waals surface area contributed by atoms with Crippen LogP contribution in [0.25, 0.3) is 11.1 Å². The van der Waals surface area contributed by atoms with Gasteiger partial charge in [-0.05, 0) is 48.2 Å². The molecule has 0 unspecified atom stereocenters. The Kier molecular flexibility index (Phi) is 3.62. The minimum absolute atomic E-state index is 0.0884. The second kappa shape index (κ2) is 5.02. The topological polar surface area (TPSA) is 12.9 Å². The zero-order valence-electron chi connectivity index (χ0n) is 10.0. The van der Waals surface area contributed by atoms with Crippen LogP contribution in [0.3, 0.4) is 0 Å². The molecular formula is C14H12ClF2N. The SMILES string of the molecule is Cc1cccc(C)c1-c1cc(Cl)nc(C(F)F)c1. The van der Waals surface area contributed by atoms with E-state index in [9.17, 15) is 8.78 Å². The van der Waals surface area contributed by atoms with Crippen molar-refractivity contribution in [2.75, 3.05) is 0 Å². The molecule has 0 spiro atoms. The molecule has 0 fully saturated rings. The van der Waals surface area contributed by atoms with Crippen molar-refractivity contribution in [3.63, 3.8) is 0 Å². The Morgan fingerprint density at radius 1 is 1.11 bits per heavy atom. The third kappa shape index (κ3) is 2.51. The van der Waals surface area contributed by atoms with Gasteiger partial charge in [-0.2, -0.15) is 0 Å². The van der Waals surface area contributed by atoms with Crippen molar-refractivity contribution in [1.82, 2.24) is 4.98 Å². The summed E-state index contributed by atoms with van der Waals surface area (Å²) < 4.78 is 25.4. The lowest BCUT2D eigenvalue weighted by molar-refractivity contribution is 0.146. The van der Waals surface area contributed by atoms with Crippen molar-refractivity contribution in [1.29, 1.82) is 0 Å². The van der Waals surface area contributed by atoms with E-state index in [4.69, 9.17) is 11.6 Å². The molecule has 1 aromatic carbocycles. The van der Waals surface area contributed by atoms with Crippen molar-refractivity contribution in [2.45, 2.75) is 20.3 Å². The molecule has 0 saturated carbocycles. The van der Waals surface area contributed by atoms with Gasteiger partial charge in [-0.25, -0.2) is 13.8 Å². The van der Waals surface area contributed by atoms with Crippen LogP contribution in [-0.2, 0) is 0 Å². The highest BCUT2D eigenvalue weighted by molar-refractivity contribution is 6.29. The Labute approximate surface area is 109 Å². The van der Waals surface area contributed by atoms with E-state index in [1.807, 2.05) is 32.0 Å². The molecule has 0 N–H and O–H groups in total. The van der Waals surface area contributed by atoms with Crippen LogP contribution in [0.2, 0.25) is 5.15 Å².